The third-order valence-electron chi connectivity index (χ3n) is 6.31. The molecule has 3 aromatic carbocycles. The van der Waals surface area contributed by atoms with Gasteiger partial charge in [0.25, 0.3) is 0 Å². The number of alkyl halides is 3. The van der Waals surface area contributed by atoms with Crippen LogP contribution in [-0.2, 0) is 17.5 Å². The van der Waals surface area contributed by atoms with E-state index in [2.05, 4.69) is 0 Å². The second kappa shape index (κ2) is 9.64. The molecule has 35 heavy (non-hydrogen) atoms. The molecule has 0 aromatic heterocycles. The first-order valence-electron chi connectivity index (χ1n) is 11.5. The van der Waals surface area contributed by atoms with Gasteiger partial charge in [-0.2, -0.15) is 13.2 Å². The highest BCUT2D eigenvalue weighted by Crippen LogP contribution is 2.39. The number of hydrogen-bond donors (Lipinski definition) is 0. The van der Waals surface area contributed by atoms with E-state index >= 15 is 0 Å². The summed E-state index contributed by atoms with van der Waals surface area (Å²) >= 11 is 0. The fraction of sp³-hybridized carbons (Fsp3) is 0.321. The quantitative estimate of drug-likeness (QED) is 0.364. The van der Waals surface area contributed by atoms with Crippen LogP contribution in [0.1, 0.15) is 53.7 Å². The number of benzene rings is 3. The second-order valence-corrected chi connectivity index (χ2v) is 9.15. The molecule has 1 fully saturated rings. The summed E-state index contributed by atoms with van der Waals surface area (Å²) in [6.07, 6.45) is -5.54. The average Bonchev–Trinajstić information content (AvgIpc) is 3.18. The number of carbonyl (C=O) groups is 1. The Balaban J connectivity index is 1.73. The van der Waals surface area contributed by atoms with Crippen LogP contribution >= 0.6 is 0 Å². The smallest absolute Gasteiger partial charge is 0.416 e. The fourth-order valence-electron chi connectivity index (χ4n) is 4.26. The van der Waals surface area contributed by atoms with Crippen LogP contribution in [0.25, 0.3) is 11.1 Å². The molecule has 1 amide bonds. The van der Waals surface area contributed by atoms with Crippen LogP contribution in [0.2, 0.25) is 0 Å². The molecule has 1 aliphatic rings. The maximum Gasteiger partial charge on any atom is 0.416 e. The summed E-state index contributed by atoms with van der Waals surface area (Å²) in [5, 5.41) is 0. The topological polar surface area (TPSA) is 38.8 Å². The molecule has 1 aliphatic heterocycles. The summed E-state index contributed by atoms with van der Waals surface area (Å²) in [5.74, 6) is 0.776. The molecule has 4 nitrogen and oxygen atoms in total. The minimum atomic E-state index is -4.51. The summed E-state index contributed by atoms with van der Waals surface area (Å²) in [6, 6.07) is 17.0. The summed E-state index contributed by atoms with van der Waals surface area (Å²) in [4.78, 5) is 14.1. The van der Waals surface area contributed by atoms with Crippen molar-refractivity contribution < 1.29 is 27.4 Å². The van der Waals surface area contributed by atoms with E-state index in [9.17, 15) is 18.0 Å². The summed E-state index contributed by atoms with van der Waals surface area (Å²) in [5.41, 5.74) is 3.85. The largest absolute Gasteiger partial charge is 0.496 e. The number of rotatable bonds is 6. The van der Waals surface area contributed by atoms with E-state index in [1.165, 1.54) is 18.1 Å². The van der Waals surface area contributed by atoms with Crippen LogP contribution in [0.15, 0.2) is 60.7 Å². The lowest BCUT2D eigenvalue weighted by molar-refractivity contribution is -0.137. The fourth-order valence-corrected chi connectivity index (χ4v) is 4.26. The maximum atomic E-state index is 13.6. The third-order valence-corrected chi connectivity index (χ3v) is 6.31. The minimum Gasteiger partial charge on any atom is -0.496 e. The van der Waals surface area contributed by atoms with E-state index in [-0.39, 0.29) is 19.0 Å². The van der Waals surface area contributed by atoms with E-state index in [1.807, 2.05) is 63.2 Å². The standard InChI is InChI=1S/C28H28F3NO3/c1-17(2)20-9-12-25(34-4)24(14-20)23-11-10-22(28(29,30)31)13-21(23)15-32-16-26(35-27(32)33)19-7-5-18(3)6-8-19/h5-14,17,26H,15-16H2,1-4H3. The molecular weight excluding hydrogens is 455 g/mol. The van der Waals surface area contributed by atoms with Gasteiger partial charge in [0.15, 0.2) is 0 Å². The van der Waals surface area contributed by atoms with Crippen molar-refractivity contribution in [3.8, 4) is 16.9 Å². The van der Waals surface area contributed by atoms with Gasteiger partial charge in [0, 0.05) is 12.1 Å². The highest BCUT2D eigenvalue weighted by atomic mass is 19.4. The monoisotopic (exact) mass is 483 g/mol. The van der Waals surface area contributed by atoms with Gasteiger partial charge in [-0.25, -0.2) is 4.79 Å². The highest BCUT2D eigenvalue weighted by molar-refractivity contribution is 5.76. The van der Waals surface area contributed by atoms with Crippen LogP contribution in [0.4, 0.5) is 18.0 Å². The molecule has 3 aromatic rings. The molecular formula is C28H28F3NO3. The van der Waals surface area contributed by atoms with Gasteiger partial charge in [-0.3, -0.25) is 4.90 Å². The lowest BCUT2D eigenvalue weighted by Gasteiger charge is -2.20. The number of aryl methyl sites for hydroxylation is 1. The Morgan fingerprint density at radius 1 is 1.03 bits per heavy atom. The van der Waals surface area contributed by atoms with Crippen LogP contribution in [-0.4, -0.2) is 24.6 Å². The van der Waals surface area contributed by atoms with Gasteiger partial charge in [0.1, 0.15) is 11.9 Å². The molecule has 1 unspecified atom stereocenters. The van der Waals surface area contributed by atoms with Gasteiger partial charge >= 0.3 is 12.3 Å². The number of cyclic esters (lactones) is 1. The van der Waals surface area contributed by atoms with Crippen molar-refractivity contribution in [2.24, 2.45) is 0 Å². The van der Waals surface area contributed by atoms with Crippen LogP contribution in [0.5, 0.6) is 5.75 Å². The van der Waals surface area contributed by atoms with Crippen molar-refractivity contribution in [3.63, 3.8) is 0 Å². The van der Waals surface area contributed by atoms with Gasteiger partial charge in [0.05, 0.1) is 19.2 Å². The summed E-state index contributed by atoms with van der Waals surface area (Å²) in [7, 11) is 1.53. The first-order chi connectivity index (χ1) is 16.6. The lowest BCUT2D eigenvalue weighted by atomic mass is 9.92. The van der Waals surface area contributed by atoms with Crippen molar-refractivity contribution in [3.05, 3.63) is 88.5 Å². The molecule has 1 saturated heterocycles. The van der Waals surface area contributed by atoms with Gasteiger partial charge in [0.2, 0.25) is 0 Å². The Hall–Kier alpha value is -3.48. The van der Waals surface area contributed by atoms with Crippen molar-refractivity contribution in [1.29, 1.82) is 0 Å². The predicted octanol–water partition coefficient (Wildman–Crippen LogP) is 7.51. The number of halogens is 3. The first-order valence-corrected chi connectivity index (χ1v) is 11.5. The SMILES string of the molecule is COc1ccc(C(C)C)cc1-c1ccc(C(F)(F)F)cc1CN1CC(c2ccc(C)cc2)OC1=O. The summed E-state index contributed by atoms with van der Waals surface area (Å²) in [6.45, 7) is 6.29. The van der Waals surface area contributed by atoms with Crippen molar-refractivity contribution >= 4 is 6.09 Å². The maximum absolute atomic E-state index is 13.6. The van der Waals surface area contributed by atoms with Crippen molar-refractivity contribution in [2.75, 3.05) is 13.7 Å². The Morgan fingerprint density at radius 3 is 2.37 bits per heavy atom. The second-order valence-electron chi connectivity index (χ2n) is 9.15. The van der Waals surface area contributed by atoms with E-state index in [0.29, 0.717) is 22.4 Å². The lowest BCUT2D eigenvalue weighted by Crippen LogP contribution is -2.24. The molecule has 0 saturated carbocycles. The number of hydrogen-bond acceptors (Lipinski definition) is 3. The Morgan fingerprint density at radius 2 is 1.74 bits per heavy atom. The van der Waals surface area contributed by atoms with E-state index in [4.69, 9.17) is 9.47 Å². The molecule has 1 atom stereocenters. The molecule has 0 radical (unpaired) electrons. The number of nitrogens with zero attached hydrogens (tertiary/aromatic N) is 1. The average molecular weight is 484 g/mol. The van der Waals surface area contributed by atoms with E-state index in [1.54, 1.807) is 0 Å². The first kappa shape index (κ1) is 24.6. The molecule has 0 bridgehead atoms. The van der Waals surface area contributed by atoms with Crippen molar-refractivity contribution in [2.45, 2.75) is 45.5 Å². The van der Waals surface area contributed by atoms with Crippen molar-refractivity contribution in [1.82, 2.24) is 4.90 Å². The van der Waals surface area contributed by atoms with Gasteiger partial charge in [-0.05, 0) is 59.4 Å². The molecule has 7 heteroatoms. The van der Waals surface area contributed by atoms with Gasteiger partial charge < -0.3 is 9.47 Å². The normalized spacial score (nSPS) is 16.1. The summed E-state index contributed by atoms with van der Waals surface area (Å²) < 4.78 is 51.9. The Labute approximate surface area is 203 Å². The Bertz CT molecular complexity index is 1220. The zero-order chi connectivity index (χ0) is 25.3. The van der Waals surface area contributed by atoms with Gasteiger partial charge in [-0.15, -0.1) is 0 Å². The molecule has 184 valence electrons. The van der Waals surface area contributed by atoms with E-state index < -0.39 is 23.9 Å². The van der Waals surface area contributed by atoms with E-state index in [0.717, 1.165) is 28.8 Å². The molecule has 0 aliphatic carbocycles. The molecule has 0 N–H and O–H groups in total. The molecule has 0 spiro atoms. The number of amides is 1. The number of methoxy groups -OCH3 is 1. The third kappa shape index (κ3) is 5.29. The number of ether oxygens (including phenoxy) is 2. The molecule has 4 rings (SSSR count). The zero-order valence-electron chi connectivity index (χ0n) is 20.1. The Kier molecular flexibility index (Phi) is 6.79. The highest BCUT2D eigenvalue weighted by Gasteiger charge is 2.35. The van der Waals surface area contributed by atoms with Crippen LogP contribution in [0, 0.1) is 6.92 Å². The zero-order valence-corrected chi connectivity index (χ0v) is 20.1. The van der Waals surface area contributed by atoms with Crippen LogP contribution < -0.4 is 4.74 Å². The van der Waals surface area contributed by atoms with Gasteiger partial charge in [-0.1, -0.05) is 55.8 Å². The predicted molar refractivity (Wildman–Crippen MR) is 128 cm³/mol. The van der Waals surface area contributed by atoms with Crippen LogP contribution in [0.3, 0.4) is 0 Å². The minimum absolute atomic E-state index is 0.0183. The number of carbonyl (C=O) groups excluding carboxylic acids is 1. The molecule has 1 heterocycles.